The van der Waals surface area contributed by atoms with E-state index in [0.29, 0.717) is 0 Å². The van der Waals surface area contributed by atoms with Gasteiger partial charge in [-0.15, -0.1) is 0 Å². The van der Waals surface area contributed by atoms with Gasteiger partial charge in [-0.05, 0) is 0 Å². The Bertz CT molecular complexity index is 491. The fourth-order valence-electron chi connectivity index (χ4n) is 3.81. The van der Waals surface area contributed by atoms with E-state index in [-0.39, 0.29) is 4.32 Å². The first-order valence-electron chi connectivity index (χ1n) is 13.4. The molecule has 0 fully saturated rings. The Hall–Kier alpha value is 0.708. The average molecular weight is 608 g/mol. The summed E-state index contributed by atoms with van der Waals surface area (Å²) in [6, 6.07) is 0. The van der Waals surface area contributed by atoms with Crippen molar-refractivity contribution in [3.05, 3.63) is 0 Å². The fraction of sp³-hybridized carbons (Fsp3) is 0.960. The molecule has 0 unspecified atom stereocenters. The van der Waals surface area contributed by atoms with Gasteiger partial charge in [0.2, 0.25) is 0 Å². The third-order valence-electron chi connectivity index (χ3n) is 5.75. The van der Waals surface area contributed by atoms with E-state index >= 15 is 0 Å². The Morgan fingerprint density at radius 2 is 0.879 bits per heavy atom. The number of unbranched alkanes of at least 4 members (excludes halogenated alkanes) is 18. The second kappa shape index (κ2) is 27.3. The van der Waals surface area contributed by atoms with Gasteiger partial charge in [-0.25, -0.2) is 0 Å². The summed E-state index contributed by atoms with van der Waals surface area (Å²) in [6.45, 7) is 4.50. The molecule has 0 bridgehead atoms. The molecule has 0 aromatic carbocycles. The minimum Gasteiger partial charge on any atom is -0.415 e. The monoisotopic (exact) mass is 609 g/mol. The summed E-state index contributed by atoms with van der Waals surface area (Å²) in [5.74, 6) is 0. The van der Waals surface area contributed by atoms with Gasteiger partial charge < -0.3 is 30.6 Å². The Balaban J connectivity index is 0. The molecule has 0 rings (SSSR count). The third-order valence-corrected chi connectivity index (χ3v) is 16.4. The quantitative estimate of drug-likeness (QED) is 0.0397. The summed E-state index contributed by atoms with van der Waals surface area (Å²) in [5.41, 5.74) is 4.66. The Morgan fingerprint density at radius 1 is 0.667 bits per heavy atom. The van der Waals surface area contributed by atoms with Crippen molar-refractivity contribution < 1.29 is 29.0 Å². The molecule has 0 aliphatic carbocycles. The summed E-state index contributed by atoms with van der Waals surface area (Å²) in [4.78, 5) is 1.60. The maximum absolute atomic E-state index is 11.7. The van der Waals surface area contributed by atoms with E-state index < -0.39 is 23.9 Å². The number of thiocarbonyl (C=S) groups is 1. The topological polar surface area (TPSA) is 80.4 Å². The van der Waals surface area contributed by atoms with Crippen molar-refractivity contribution in [1.82, 2.24) is 0 Å². The van der Waals surface area contributed by atoms with Gasteiger partial charge in [0.15, 0.2) is 0 Å². The predicted molar refractivity (Wildman–Crippen MR) is 149 cm³/mol. The van der Waals surface area contributed by atoms with Gasteiger partial charge in [0.05, 0.1) is 0 Å². The van der Waals surface area contributed by atoms with Crippen LogP contribution in [0.2, 0.25) is 9.62 Å². The van der Waals surface area contributed by atoms with Crippen molar-refractivity contribution in [2.45, 2.75) is 152 Å². The van der Waals surface area contributed by atoms with Crippen LogP contribution in [0.3, 0.4) is 0 Å². The standard InChI is InChI=1S/2C12H25.CH3NS2.Mo.HO3S/c2*1-3-5-7-9-11-12-10-8-6-4-2;2-1(3)4;;1-4(2)3/h2*1,3-12H2,2H3;(H3,2,3,4);;(H,1,2,3)/q;;;+1;/p-1. The van der Waals surface area contributed by atoms with Crippen LogP contribution in [0, 0.1) is 0 Å². The van der Waals surface area contributed by atoms with Crippen LogP contribution in [0.4, 0.5) is 0 Å². The molecule has 33 heavy (non-hydrogen) atoms. The second-order valence-corrected chi connectivity index (χ2v) is 21.0. The SMILES string of the molecule is CCCCCCCCCCC[CH2][Mo+]([CH2]CCCCCCCCCCC)[S](=O)(=O)O.NC(=S)[S-]. The van der Waals surface area contributed by atoms with Crippen LogP contribution in [0.5, 0.6) is 0 Å². The summed E-state index contributed by atoms with van der Waals surface area (Å²) < 4.78 is 33.2. The molecule has 200 valence electrons. The smallest absolute Gasteiger partial charge is 0.0708 e. The Morgan fingerprint density at radius 3 is 1.09 bits per heavy atom. The van der Waals surface area contributed by atoms with Crippen molar-refractivity contribution in [2.24, 2.45) is 5.73 Å². The number of rotatable bonds is 23. The van der Waals surface area contributed by atoms with Crippen molar-refractivity contribution >= 4 is 37.0 Å². The van der Waals surface area contributed by atoms with E-state index in [1.165, 1.54) is 103 Å². The number of hydrogen-bond acceptors (Lipinski definition) is 4. The molecule has 8 heteroatoms. The molecule has 3 N–H and O–H groups in total. The van der Waals surface area contributed by atoms with Crippen LogP contribution in [0.15, 0.2) is 0 Å². The molecular weight excluding hydrogens is 554 g/mol. The van der Waals surface area contributed by atoms with Crippen LogP contribution in [0.1, 0.15) is 142 Å². The van der Waals surface area contributed by atoms with Crippen LogP contribution >= 0.6 is 12.2 Å². The molecule has 0 aromatic heterocycles. The molecule has 0 radical (unpaired) electrons. The average Bonchev–Trinajstić information content (AvgIpc) is 2.73. The Labute approximate surface area is 222 Å². The molecule has 0 aromatic rings. The zero-order chi connectivity index (χ0) is 25.2. The largest absolute Gasteiger partial charge is 0.415 e. The summed E-state index contributed by atoms with van der Waals surface area (Å²) in [6.07, 6.45) is 25.5. The third kappa shape index (κ3) is 32.7. The Kier molecular flexibility index (Phi) is 29.7. The summed E-state index contributed by atoms with van der Waals surface area (Å²) in [7, 11) is -3.72. The first kappa shape index (κ1) is 35.9. The fourth-order valence-corrected chi connectivity index (χ4v) is 11.8. The van der Waals surface area contributed by atoms with Crippen LogP contribution < -0.4 is 5.73 Å². The van der Waals surface area contributed by atoms with Crippen molar-refractivity contribution in [3.8, 4) is 0 Å². The summed E-state index contributed by atoms with van der Waals surface area (Å²) in [5, 5.41) is 0. The zero-order valence-corrected chi connectivity index (χ0v) is 26.0. The molecule has 0 amide bonds. The summed E-state index contributed by atoms with van der Waals surface area (Å²) >= 11 is 5.87. The van der Waals surface area contributed by atoms with Crippen molar-refractivity contribution in [3.63, 3.8) is 0 Å². The molecule has 0 saturated carbocycles. The van der Waals surface area contributed by atoms with Gasteiger partial charge in [-0.2, -0.15) is 0 Å². The van der Waals surface area contributed by atoms with Gasteiger partial charge in [0.25, 0.3) is 0 Å². The van der Waals surface area contributed by atoms with Gasteiger partial charge in [0, 0.05) is 0 Å². The maximum Gasteiger partial charge on any atom is -0.0708 e. The molecule has 0 aliphatic rings. The predicted octanol–water partition coefficient (Wildman–Crippen LogP) is 8.86. The van der Waals surface area contributed by atoms with E-state index in [1.54, 1.807) is 0 Å². The van der Waals surface area contributed by atoms with Crippen LogP contribution in [0.25, 0.3) is 0 Å². The van der Waals surface area contributed by atoms with Crippen molar-refractivity contribution in [1.29, 1.82) is 0 Å². The molecular formula is C25H53MoNO3S3. The van der Waals surface area contributed by atoms with E-state index in [9.17, 15) is 13.0 Å². The minimum absolute atomic E-state index is 0.0833. The van der Waals surface area contributed by atoms with E-state index in [0.717, 1.165) is 35.3 Å². The molecule has 0 aliphatic heterocycles. The number of hydrogen-bond donors (Lipinski definition) is 2. The molecule has 0 atom stereocenters. The molecule has 0 spiro atoms. The minimum atomic E-state index is -3.72. The molecule has 4 nitrogen and oxygen atoms in total. The van der Waals surface area contributed by atoms with E-state index in [2.05, 4.69) is 44.4 Å². The second-order valence-electron chi connectivity index (χ2n) is 8.96. The van der Waals surface area contributed by atoms with Crippen LogP contribution in [-0.2, 0) is 36.5 Å². The van der Waals surface area contributed by atoms with Gasteiger partial charge in [0.1, 0.15) is 0 Å². The molecule has 0 heterocycles. The van der Waals surface area contributed by atoms with E-state index in [4.69, 9.17) is 0 Å². The van der Waals surface area contributed by atoms with Crippen molar-refractivity contribution in [2.75, 3.05) is 0 Å². The van der Waals surface area contributed by atoms with Gasteiger partial charge in [-0.1, -0.05) is 4.32 Å². The number of nitrogens with two attached hydrogens (primary N) is 1. The first-order valence-corrected chi connectivity index (χ1v) is 20.8. The zero-order valence-electron chi connectivity index (χ0n) is 21.5. The van der Waals surface area contributed by atoms with E-state index in [1.807, 2.05) is 0 Å². The molecule has 0 saturated heterocycles. The van der Waals surface area contributed by atoms with Gasteiger partial charge in [-0.3, -0.25) is 0 Å². The maximum atomic E-state index is 11.7. The van der Waals surface area contributed by atoms with Gasteiger partial charge >= 0.3 is 189 Å². The van der Waals surface area contributed by atoms with Crippen LogP contribution in [-0.4, -0.2) is 17.3 Å². The normalized spacial score (nSPS) is 11.4. The first-order chi connectivity index (χ1) is 15.8.